The SMILES string of the molecule is C[C@@H](O)[C@H]1C(=O)N/C1=C\C(=O)OCc1ccccc1. The predicted octanol–water partition coefficient (Wildman–Crippen LogP) is 0.740. The van der Waals surface area contributed by atoms with Crippen LogP contribution < -0.4 is 5.32 Å². The summed E-state index contributed by atoms with van der Waals surface area (Å²) in [6.07, 6.45) is 0.392. The Labute approximate surface area is 110 Å². The van der Waals surface area contributed by atoms with Gasteiger partial charge in [0.15, 0.2) is 0 Å². The fraction of sp³-hybridized carbons (Fsp3) is 0.286. The summed E-state index contributed by atoms with van der Waals surface area (Å²) in [5.74, 6) is -1.47. The topological polar surface area (TPSA) is 75.6 Å². The van der Waals surface area contributed by atoms with Crippen molar-refractivity contribution in [3.05, 3.63) is 47.7 Å². The molecule has 2 N–H and O–H groups in total. The molecule has 5 nitrogen and oxygen atoms in total. The minimum absolute atomic E-state index is 0.177. The van der Waals surface area contributed by atoms with Crippen LogP contribution in [-0.2, 0) is 20.9 Å². The highest BCUT2D eigenvalue weighted by atomic mass is 16.5. The molecule has 0 saturated carbocycles. The fourth-order valence-electron chi connectivity index (χ4n) is 1.86. The van der Waals surface area contributed by atoms with Gasteiger partial charge in [-0.2, -0.15) is 0 Å². The second-order valence-electron chi connectivity index (χ2n) is 4.40. The molecule has 1 amide bonds. The van der Waals surface area contributed by atoms with Gasteiger partial charge in [-0.1, -0.05) is 30.3 Å². The molecule has 2 rings (SSSR count). The number of hydrogen-bond acceptors (Lipinski definition) is 4. The van der Waals surface area contributed by atoms with Gasteiger partial charge in [-0.15, -0.1) is 0 Å². The fourth-order valence-corrected chi connectivity index (χ4v) is 1.86. The van der Waals surface area contributed by atoms with E-state index >= 15 is 0 Å². The van der Waals surface area contributed by atoms with Gasteiger partial charge in [-0.3, -0.25) is 4.79 Å². The summed E-state index contributed by atoms with van der Waals surface area (Å²) in [6, 6.07) is 9.30. The maximum atomic E-state index is 11.6. The molecule has 0 bridgehead atoms. The smallest absolute Gasteiger partial charge is 0.332 e. The van der Waals surface area contributed by atoms with Gasteiger partial charge in [0.25, 0.3) is 0 Å². The molecule has 2 atom stereocenters. The summed E-state index contributed by atoms with van der Waals surface area (Å²) in [7, 11) is 0. The van der Waals surface area contributed by atoms with Crippen LogP contribution in [0.3, 0.4) is 0 Å². The number of nitrogens with one attached hydrogen (secondary N) is 1. The van der Waals surface area contributed by atoms with Crippen LogP contribution in [0.1, 0.15) is 12.5 Å². The van der Waals surface area contributed by atoms with Crippen LogP contribution in [0.25, 0.3) is 0 Å². The number of ether oxygens (including phenoxy) is 1. The summed E-state index contributed by atoms with van der Waals surface area (Å²) >= 11 is 0. The normalized spacial score (nSPS) is 21.5. The summed E-state index contributed by atoms with van der Waals surface area (Å²) in [5, 5.41) is 11.8. The molecule has 1 aromatic rings. The highest BCUT2D eigenvalue weighted by molar-refractivity contribution is 5.95. The monoisotopic (exact) mass is 261 g/mol. The molecule has 0 aliphatic carbocycles. The molecule has 1 heterocycles. The zero-order valence-electron chi connectivity index (χ0n) is 10.5. The molecule has 0 aromatic heterocycles. The predicted molar refractivity (Wildman–Crippen MR) is 67.6 cm³/mol. The molecule has 1 saturated heterocycles. The number of carbonyl (C=O) groups is 2. The van der Waals surface area contributed by atoms with Gasteiger partial charge in [0, 0.05) is 11.8 Å². The molecular weight excluding hydrogens is 246 g/mol. The lowest BCUT2D eigenvalue weighted by molar-refractivity contribution is -0.139. The van der Waals surface area contributed by atoms with Crippen molar-refractivity contribution in [1.82, 2.24) is 5.32 Å². The van der Waals surface area contributed by atoms with E-state index in [1.807, 2.05) is 30.3 Å². The first-order valence-corrected chi connectivity index (χ1v) is 5.99. The molecule has 1 fully saturated rings. The Kier molecular flexibility index (Phi) is 3.97. The molecule has 1 aliphatic rings. The van der Waals surface area contributed by atoms with Crippen molar-refractivity contribution in [1.29, 1.82) is 0 Å². The van der Waals surface area contributed by atoms with Crippen molar-refractivity contribution in [2.45, 2.75) is 19.6 Å². The average Bonchev–Trinajstić information content (AvgIpc) is 2.36. The Balaban J connectivity index is 1.90. The Morgan fingerprint density at radius 1 is 1.47 bits per heavy atom. The molecule has 100 valence electrons. The first kappa shape index (κ1) is 13.3. The largest absolute Gasteiger partial charge is 0.458 e. The third kappa shape index (κ3) is 3.20. The molecule has 1 aliphatic heterocycles. The van der Waals surface area contributed by atoms with E-state index in [-0.39, 0.29) is 12.5 Å². The van der Waals surface area contributed by atoms with Gasteiger partial charge in [0.05, 0.1) is 6.10 Å². The number of aliphatic hydroxyl groups is 1. The van der Waals surface area contributed by atoms with Crippen LogP contribution in [0.5, 0.6) is 0 Å². The molecule has 1 aromatic carbocycles. The molecule has 5 heteroatoms. The van der Waals surface area contributed by atoms with E-state index in [9.17, 15) is 14.7 Å². The summed E-state index contributed by atoms with van der Waals surface area (Å²) in [4.78, 5) is 22.7. The van der Waals surface area contributed by atoms with Gasteiger partial charge < -0.3 is 15.2 Å². The van der Waals surface area contributed by atoms with Crippen molar-refractivity contribution < 1.29 is 19.4 Å². The number of β-lactam (4-membered cyclic amide) rings is 1. The number of benzene rings is 1. The third-order valence-corrected chi connectivity index (χ3v) is 2.86. The van der Waals surface area contributed by atoms with Crippen LogP contribution in [0.4, 0.5) is 0 Å². The third-order valence-electron chi connectivity index (χ3n) is 2.86. The van der Waals surface area contributed by atoms with E-state index < -0.39 is 18.0 Å². The van der Waals surface area contributed by atoms with Crippen LogP contribution in [0, 0.1) is 5.92 Å². The molecule has 0 unspecified atom stereocenters. The van der Waals surface area contributed by atoms with Crippen molar-refractivity contribution in [2.75, 3.05) is 0 Å². The first-order chi connectivity index (χ1) is 9.08. The highest BCUT2D eigenvalue weighted by Crippen LogP contribution is 2.22. The van der Waals surface area contributed by atoms with Gasteiger partial charge in [-0.25, -0.2) is 4.79 Å². The number of carbonyl (C=O) groups excluding carboxylic acids is 2. The van der Waals surface area contributed by atoms with E-state index in [0.717, 1.165) is 5.56 Å². The van der Waals surface area contributed by atoms with E-state index in [1.165, 1.54) is 13.0 Å². The zero-order chi connectivity index (χ0) is 13.8. The van der Waals surface area contributed by atoms with Crippen molar-refractivity contribution in [3.8, 4) is 0 Å². The minimum atomic E-state index is -0.818. The quantitative estimate of drug-likeness (QED) is 0.476. The van der Waals surface area contributed by atoms with Gasteiger partial charge >= 0.3 is 5.97 Å². The maximum absolute atomic E-state index is 11.6. The summed E-state index contributed by atoms with van der Waals surface area (Å²) in [6.45, 7) is 1.68. The number of amides is 1. The highest BCUT2D eigenvalue weighted by Gasteiger charge is 2.38. The van der Waals surface area contributed by atoms with E-state index in [2.05, 4.69) is 5.32 Å². The van der Waals surface area contributed by atoms with Gasteiger partial charge in [0.2, 0.25) is 5.91 Å². The van der Waals surface area contributed by atoms with Crippen LogP contribution in [0.15, 0.2) is 42.1 Å². The van der Waals surface area contributed by atoms with E-state index in [4.69, 9.17) is 4.74 Å². The maximum Gasteiger partial charge on any atom is 0.332 e. The Morgan fingerprint density at radius 3 is 2.74 bits per heavy atom. The van der Waals surface area contributed by atoms with E-state index in [0.29, 0.717) is 5.70 Å². The molecule has 0 spiro atoms. The summed E-state index contributed by atoms with van der Waals surface area (Å²) < 4.78 is 5.05. The Morgan fingerprint density at radius 2 is 2.16 bits per heavy atom. The first-order valence-electron chi connectivity index (χ1n) is 5.99. The second-order valence-corrected chi connectivity index (χ2v) is 4.40. The van der Waals surface area contributed by atoms with Crippen molar-refractivity contribution in [3.63, 3.8) is 0 Å². The van der Waals surface area contributed by atoms with Crippen LogP contribution in [-0.4, -0.2) is 23.1 Å². The second kappa shape index (κ2) is 5.67. The number of aliphatic hydroxyl groups excluding tert-OH is 1. The van der Waals surface area contributed by atoms with E-state index in [1.54, 1.807) is 0 Å². The minimum Gasteiger partial charge on any atom is -0.458 e. The van der Waals surface area contributed by atoms with Crippen molar-refractivity contribution >= 4 is 11.9 Å². The molecule has 0 radical (unpaired) electrons. The lowest BCUT2D eigenvalue weighted by Crippen LogP contribution is -2.51. The van der Waals surface area contributed by atoms with Crippen molar-refractivity contribution in [2.24, 2.45) is 5.92 Å². The number of hydrogen-bond donors (Lipinski definition) is 2. The Bertz CT molecular complexity index is 507. The van der Waals surface area contributed by atoms with Crippen LogP contribution in [0.2, 0.25) is 0 Å². The van der Waals surface area contributed by atoms with Crippen LogP contribution >= 0.6 is 0 Å². The number of rotatable bonds is 4. The summed E-state index contributed by atoms with van der Waals surface area (Å²) in [5.41, 5.74) is 1.29. The lowest BCUT2D eigenvalue weighted by Gasteiger charge is -2.31. The average molecular weight is 261 g/mol. The van der Waals surface area contributed by atoms with Gasteiger partial charge in [0.1, 0.15) is 12.5 Å². The van der Waals surface area contributed by atoms with Gasteiger partial charge in [-0.05, 0) is 12.5 Å². The lowest BCUT2D eigenvalue weighted by atomic mass is 9.91. The zero-order valence-corrected chi connectivity index (χ0v) is 10.5. The number of esters is 1. The Hall–Kier alpha value is -2.14. The molecular formula is C14H15NO4. The standard InChI is InChI=1S/C14H15NO4/c1-9(16)13-11(15-14(13)18)7-12(17)19-8-10-5-3-2-4-6-10/h2-7,9,13,16H,8H2,1H3,(H,15,18)/b11-7-/t9-,13-/m1/s1. The molecule has 19 heavy (non-hydrogen) atoms.